The van der Waals surface area contributed by atoms with Crippen LogP contribution in [0.2, 0.25) is 0 Å². The van der Waals surface area contributed by atoms with Crippen molar-refractivity contribution >= 4 is 0 Å². The van der Waals surface area contributed by atoms with Gasteiger partial charge in [-0.1, -0.05) is 12.2 Å². The summed E-state index contributed by atoms with van der Waals surface area (Å²) >= 11 is 0. The highest BCUT2D eigenvalue weighted by Crippen LogP contribution is 1.82. The average Bonchev–Trinajstić information content (AvgIpc) is 2.11. The molecule has 0 spiro atoms. The molecule has 0 bridgehead atoms. The molecule has 0 aromatic heterocycles. The van der Waals surface area contributed by atoms with E-state index in [0.29, 0.717) is 12.6 Å². The van der Waals surface area contributed by atoms with Gasteiger partial charge in [0.25, 0.3) is 0 Å². The maximum atomic E-state index is 5.31. The molecular formula is C10H21NO2. The Kier molecular flexibility index (Phi) is 9.42. The first-order valence-electron chi connectivity index (χ1n) is 4.72. The predicted octanol–water partition coefficient (Wildman–Crippen LogP) is 1.20. The Morgan fingerprint density at radius 3 is 2.85 bits per heavy atom. The van der Waals surface area contributed by atoms with Gasteiger partial charge in [-0.2, -0.15) is 0 Å². The molecule has 3 heteroatoms. The molecule has 3 nitrogen and oxygen atoms in total. The molecule has 0 aliphatic carbocycles. The molecule has 13 heavy (non-hydrogen) atoms. The highest BCUT2D eigenvalue weighted by Gasteiger charge is 1.97. The van der Waals surface area contributed by atoms with Gasteiger partial charge in [-0.3, -0.25) is 0 Å². The number of hydrogen-bond donors (Lipinski definition) is 1. The quantitative estimate of drug-likeness (QED) is 0.457. The summed E-state index contributed by atoms with van der Waals surface area (Å²) in [7, 11) is 1.71. The summed E-state index contributed by atoms with van der Waals surface area (Å²) in [6.07, 6.45) is 3.99. The van der Waals surface area contributed by atoms with Crippen LogP contribution in [-0.4, -0.2) is 39.5 Å². The number of rotatable bonds is 8. The number of methoxy groups -OCH3 is 1. The van der Waals surface area contributed by atoms with Gasteiger partial charge in [0.2, 0.25) is 0 Å². The van der Waals surface area contributed by atoms with Crippen molar-refractivity contribution in [3.05, 3.63) is 12.2 Å². The molecule has 1 unspecified atom stereocenters. The van der Waals surface area contributed by atoms with Crippen LogP contribution < -0.4 is 5.32 Å². The van der Waals surface area contributed by atoms with Crippen molar-refractivity contribution in [2.24, 2.45) is 0 Å². The zero-order valence-corrected chi connectivity index (χ0v) is 8.88. The molecule has 0 rings (SSSR count). The van der Waals surface area contributed by atoms with Crippen LogP contribution in [0.15, 0.2) is 12.2 Å². The van der Waals surface area contributed by atoms with Crippen molar-refractivity contribution in [1.82, 2.24) is 5.32 Å². The van der Waals surface area contributed by atoms with Crippen molar-refractivity contribution in [3.8, 4) is 0 Å². The summed E-state index contributed by atoms with van der Waals surface area (Å²) in [4.78, 5) is 0. The Bertz CT molecular complexity index is 126. The molecule has 78 valence electrons. The van der Waals surface area contributed by atoms with Crippen molar-refractivity contribution in [2.75, 3.05) is 33.5 Å². The van der Waals surface area contributed by atoms with Gasteiger partial charge in [0.05, 0.1) is 19.8 Å². The first kappa shape index (κ1) is 12.6. The summed E-state index contributed by atoms with van der Waals surface area (Å²) in [6, 6.07) is 0.398. The minimum absolute atomic E-state index is 0.398. The molecule has 0 saturated heterocycles. The minimum Gasteiger partial charge on any atom is -0.383 e. The van der Waals surface area contributed by atoms with E-state index in [2.05, 4.69) is 12.2 Å². The molecular weight excluding hydrogens is 166 g/mol. The maximum Gasteiger partial charge on any atom is 0.0647 e. The third kappa shape index (κ3) is 9.53. The van der Waals surface area contributed by atoms with E-state index in [9.17, 15) is 0 Å². The van der Waals surface area contributed by atoms with Crippen LogP contribution in [0.1, 0.15) is 13.8 Å². The van der Waals surface area contributed by atoms with Crippen LogP contribution in [0.5, 0.6) is 0 Å². The molecule has 0 aliphatic heterocycles. The van der Waals surface area contributed by atoms with Gasteiger partial charge < -0.3 is 14.8 Å². The van der Waals surface area contributed by atoms with Crippen LogP contribution in [0.4, 0.5) is 0 Å². The minimum atomic E-state index is 0.398. The SMILES string of the molecule is CC=CCOCCNC(C)COC. The average molecular weight is 187 g/mol. The Balaban J connectivity index is 3.06. The Hall–Kier alpha value is -0.380. The van der Waals surface area contributed by atoms with E-state index in [4.69, 9.17) is 9.47 Å². The van der Waals surface area contributed by atoms with Gasteiger partial charge in [-0.25, -0.2) is 0 Å². The fraction of sp³-hybridized carbons (Fsp3) is 0.800. The van der Waals surface area contributed by atoms with Gasteiger partial charge in [0.1, 0.15) is 0 Å². The van der Waals surface area contributed by atoms with Crippen LogP contribution in [0.25, 0.3) is 0 Å². The Labute approximate surface area is 81.1 Å². The van der Waals surface area contributed by atoms with Gasteiger partial charge in [0.15, 0.2) is 0 Å². The molecule has 0 amide bonds. The van der Waals surface area contributed by atoms with Gasteiger partial charge >= 0.3 is 0 Å². The summed E-state index contributed by atoms with van der Waals surface area (Å²) in [6.45, 7) is 7.16. The standard InChI is InChI=1S/C10H21NO2/c1-4-5-7-13-8-6-11-10(2)9-12-3/h4-5,10-11H,6-9H2,1-3H3. The molecule has 0 aromatic rings. The molecule has 0 radical (unpaired) electrons. The smallest absolute Gasteiger partial charge is 0.0647 e. The van der Waals surface area contributed by atoms with Gasteiger partial charge in [-0.15, -0.1) is 0 Å². The molecule has 0 saturated carbocycles. The Morgan fingerprint density at radius 1 is 1.46 bits per heavy atom. The van der Waals surface area contributed by atoms with E-state index in [1.54, 1.807) is 7.11 Å². The van der Waals surface area contributed by atoms with E-state index in [1.807, 2.05) is 19.1 Å². The van der Waals surface area contributed by atoms with Crippen LogP contribution in [0.3, 0.4) is 0 Å². The van der Waals surface area contributed by atoms with E-state index in [0.717, 1.165) is 19.8 Å². The van der Waals surface area contributed by atoms with Gasteiger partial charge in [0, 0.05) is 19.7 Å². The second-order valence-electron chi connectivity index (χ2n) is 2.95. The Morgan fingerprint density at radius 2 is 2.23 bits per heavy atom. The lowest BCUT2D eigenvalue weighted by molar-refractivity contribution is 0.144. The van der Waals surface area contributed by atoms with Crippen LogP contribution >= 0.6 is 0 Å². The molecule has 0 fully saturated rings. The lowest BCUT2D eigenvalue weighted by Gasteiger charge is -2.11. The molecule has 1 N–H and O–H groups in total. The van der Waals surface area contributed by atoms with E-state index >= 15 is 0 Å². The normalized spacial score (nSPS) is 13.8. The lowest BCUT2D eigenvalue weighted by Crippen LogP contribution is -2.32. The van der Waals surface area contributed by atoms with Crippen LogP contribution in [-0.2, 0) is 9.47 Å². The molecule has 0 heterocycles. The lowest BCUT2D eigenvalue weighted by atomic mass is 10.3. The fourth-order valence-electron chi connectivity index (χ4n) is 0.934. The second-order valence-corrected chi connectivity index (χ2v) is 2.95. The zero-order chi connectivity index (χ0) is 9.94. The highest BCUT2D eigenvalue weighted by atomic mass is 16.5. The first-order chi connectivity index (χ1) is 6.31. The first-order valence-corrected chi connectivity index (χ1v) is 4.72. The third-order valence-corrected chi connectivity index (χ3v) is 1.61. The topological polar surface area (TPSA) is 30.5 Å². The van der Waals surface area contributed by atoms with Crippen molar-refractivity contribution < 1.29 is 9.47 Å². The number of allylic oxidation sites excluding steroid dienone is 1. The summed E-state index contributed by atoms with van der Waals surface area (Å²) in [5, 5.41) is 3.29. The van der Waals surface area contributed by atoms with Crippen molar-refractivity contribution in [3.63, 3.8) is 0 Å². The summed E-state index contributed by atoms with van der Waals surface area (Å²) in [5.74, 6) is 0. The molecule has 0 aliphatic rings. The fourth-order valence-corrected chi connectivity index (χ4v) is 0.934. The van der Waals surface area contributed by atoms with Gasteiger partial charge in [-0.05, 0) is 13.8 Å². The number of nitrogens with one attached hydrogen (secondary N) is 1. The van der Waals surface area contributed by atoms with Crippen molar-refractivity contribution in [1.29, 1.82) is 0 Å². The second kappa shape index (κ2) is 9.71. The van der Waals surface area contributed by atoms with E-state index in [1.165, 1.54) is 0 Å². The largest absolute Gasteiger partial charge is 0.383 e. The van der Waals surface area contributed by atoms with Crippen LogP contribution in [0, 0.1) is 0 Å². The predicted molar refractivity (Wildman–Crippen MR) is 55.0 cm³/mol. The van der Waals surface area contributed by atoms with Crippen molar-refractivity contribution in [2.45, 2.75) is 19.9 Å². The number of ether oxygens (including phenoxy) is 2. The van der Waals surface area contributed by atoms with E-state index in [-0.39, 0.29) is 0 Å². The maximum absolute atomic E-state index is 5.31. The third-order valence-electron chi connectivity index (χ3n) is 1.61. The molecule has 0 aromatic carbocycles. The molecule has 1 atom stereocenters. The zero-order valence-electron chi connectivity index (χ0n) is 8.88. The monoisotopic (exact) mass is 187 g/mol. The van der Waals surface area contributed by atoms with E-state index < -0.39 is 0 Å². The number of hydrogen-bond acceptors (Lipinski definition) is 3. The summed E-state index contributed by atoms with van der Waals surface area (Å²) < 4.78 is 10.3. The highest BCUT2D eigenvalue weighted by molar-refractivity contribution is 4.75. The summed E-state index contributed by atoms with van der Waals surface area (Å²) in [5.41, 5.74) is 0.